The third-order valence-corrected chi connectivity index (χ3v) is 4.68. The van der Waals surface area contributed by atoms with Gasteiger partial charge in [0.15, 0.2) is 0 Å². The van der Waals surface area contributed by atoms with Crippen molar-refractivity contribution in [2.24, 2.45) is 7.05 Å². The van der Waals surface area contributed by atoms with Crippen LogP contribution in [0.25, 0.3) is 0 Å². The van der Waals surface area contributed by atoms with Gasteiger partial charge in [-0.1, -0.05) is 0 Å². The molecule has 0 spiro atoms. The normalized spacial score (nSPS) is 13.5. The van der Waals surface area contributed by atoms with Crippen molar-refractivity contribution in [2.45, 2.75) is 31.0 Å². The SMILES string of the molecule is CNCc1cc(S(=O)(=O)NC(C)Cn2cccn2)cn1C. The molecule has 8 heteroatoms. The second-order valence-electron chi connectivity index (χ2n) is 5.06. The van der Waals surface area contributed by atoms with Crippen molar-refractivity contribution < 1.29 is 8.42 Å². The molecule has 0 bridgehead atoms. The summed E-state index contributed by atoms with van der Waals surface area (Å²) in [5.74, 6) is 0. The summed E-state index contributed by atoms with van der Waals surface area (Å²) in [6, 6.07) is 3.24. The monoisotopic (exact) mass is 311 g/mol. The van der Waals surface area contributed by atoms with Gasteiger partial charge in [0.2, 0.25) is 10.0 Å². The summed E-state index contributed by atoms with van der Waals surface area (Å²) in [5.41, 5.74) is 0.914. The van der Waals surface area contributed by atoms with Gasteiger partial charge in [-0.2, -0.15) is 5.10 Å². The van der Waals surface area contributed by atoms with Gasteiger partial charge in [-0.15, -0.1) is 0 Å². The zero-order valence-corrected chi connectivity index (χ0v) is 13.3. The van der Waals surface area contributed by atoms with Gasteiger partial charge in [-0.25, -0.2) is 13.1 Å². The van der Waals surface area contributed by atoms with E-state index in [0.29, 0.717) is 13.1 Å². The van der Waals surface area contributed by atoms with Crippen molar-refractivity contribution in [3.05, 3.63) is 36.4 Å². The van der Waals surface area contributed by atoms with E-state index in [9.17, 15) is 8.42 Å². The molecule has 2 N–H and O–H groups in total. The molecule has 7 nitrogen and oxygen atoms in total. The summed E-state index contributed by atoms with van der Waals surface area (Å²) in [7, 11) is 0.135. The lowest BCUT2D eigenvalue weighted by Crippen LogP contribution is -2.35. The predicted octanol–water partition coefficient (Wildman–Crippen LogP) is 0.308. The summed E-state index contributed by atoms with van der Waals surface area (Å²) in [6.45, 7) is 2.92. The largest absolute Gasteiger partial charge is 0.352 e. The Bertz CT molecular complexity index is 675. The fraction of sp³-hybridized carbons (Fsp3) is 0.462. The minimum absolute atomic E-state index is 0.247. The molecule has 0 aliphatic carbocycles. The number of sulfonamides is 1. The van der Waals surface area contributed by atoms with E-state index in [4.69, 9.17) is 0 Å². The third-order valence-electron chi connectivity index (χ3n) is 3.13. The number of aryl methyl sites for hydroxylation is 1. The van der Waals surface area contributed by atoms with Crippen LogP contribution in [0.2, 0.25) is 0 Å². The lowest BCUT2D eigenvalue weighted by atomic mass is 10.4. The molecule has 0 amide bonds. The summed E-state index contributed by atoms with van der Waals surface area (Å²) in [4.78, 5) is 0.280. The Labute approximate surface area is 125 Å². The zero-order chi connectivity index (χ0) is 15.5. The highest BCUT2D eigenvalue weighted by Crippen LogP contribution is 2.14. The molecule has 2 heterocycles. The molecule has 1 atom stereocenters. The number of rotatable bonds is 7. The molecule has 0 radical (unpaired) electrons. The van der Waals surface area contributed by atoms with E-state index >= 15 is 0 Å². The summed E-state index contributed by atoms with van der Waals surface area (Å²) < 4.78 is 30.9. The molecule has 2 aromatic rings. The van der Waals surface area contributed by atoms with Gasteiger partial charge >= 0.3 is 0 Å². The maximum atomic E-state index is 12.4. The van der Waals surface area contributed by atoms with Crippen LogP contribution in [0.15, 0.2) is 35.6 Å². The van der Waals surface area contributed by atoms with Crippen molar-refractivity contribution in [1.82, 2.24) is 24.4 Å². The zero-order valence-electron chi connectivity index (χ0n) is 12.4. The standard InChI is InChI=1S/C13H21N5O2S/c1-11(9-18-6-4-5-15-18)16-21(19,20)13-7-12(8-14-2)17(3)10-13/h4-7,10-11,14,16H,8-9H2,1-3H3. The van der Waals surface area contributed by atoms with Crippen LogP contribution in [-0.4, -0.2) is 35.9 Å². The highest BCUT2D eigenvalue weighted by Gasteiger charge is 2.20. The highest BCUT2D eigenvalue weighted by atomic mass is 32.2. The summed E-state index contributed by atoms with van der Waals surface area (Å²) >= 11 is 0. The molecule has 2 rings (SSSR count). The van der Waals surface area contributed by atoms with E-state index < -0.39 is 10.0 Å². The molecular weight excluding hydrogens is 290 g/mol. The van der Waals surface area contributed by atoms with E-state index in [1.54, 1.807) is 29.3 Å². The number of hydrogen-bond donors (Lipinski definition) is 2. The van der Waals surface area contributed by atoms with Gasteiger partial charge in [-0.3, -0.25) is 4.68 Å². The van der Waals surface area contributed by atoms with Crippen molar-refractivity contribution in [3.8, 4) is 0 Å². The van der Waals surface area contributed by atoms with Crippen LogP contribution in [0, 0.1) is 0 Å². The lowest BCUT2D eigenvalue weighted by Gasteiger charge is -2.13. The molecule has 0 fully saturated rings. The Morgan fingerprint density at radius 1 is 1.43 bits per heavy atom. The van der Waals surface area contributed by atoms with E-state index in [-0.39, 0.29) is 10.9 Å². The fourth-order valence-electron chi connectivity index (χ4n) is 2.14. The average molecular weight is 311 g/mol. The van der Waals surface area contributed by atoms with Crippen molar-refractivity contribution >= 4 is 10.0 Å². The van der Waals surface area contributed by atoms with Crippen LogP contribution in [0.3, 0.4) is 0 Å². The molecule has 1 unspecified atom stereocenters. The second-order valence-corrected chi connectivity index (χ2v) is 6.77. The number of nitrogens with one attached hydrogen (secondary N) is 2. The van der Waals surface area contributed by atoms with Crippen LogP contribution < -0.4 is 10.0 Å². The quantitative estimate of drug-likeness (QED) is 0.771. The molecule has 0 saturated heterocycles. The Balaban J connectivity index is 2.09. The van der Waals surface area contributed by atoms with E-state index in [1.165, 1.54) is 0 Å². The average Bonchev–Trinajstić information content (AvgIpc) is 3.00. The van der Waals surface area contributed by atoms with Crippen molar-refractivity contribution in [2.75, 3.05) is 7.05 Å². The second kappa shape index (κ2) is 6.42. The van der Waals surface area contributed by atoms with Crippen molar-refractivity contribution in [3.63, 3.8) is 0 Å². The van der Waals surface area contributed by atoms with Crippen LogP contribution in [0.5, 0.6) is 0 Å². The first-order valence-electron chi connectivity index (χ1n) is 6.72. The van der Waals surface area contributed by atoms with E-state index in [0.717, 1.165) is 5.69 Å². The first-order valence-corrected chi connectivity index (χ1v) is 8.20. The smallest absolute Gasteiger partial charge is 0.242 e. The summed E-state index contributed by atoms with van der Waals surface area (Å²) in [6.07, 6.45) is 5.09. The minimum atomic E-state index is -3.52. The predicted molar refractivity (Wildman–Crippen MR) is 80.2 cm³/mol. The molecule has 0 saturated carbocycles. The Morgan fingerprint density at radius 2 is 2.19 bits per heavy atom. The van der Waals surface area contributed by atoms with Gasteiger partial charge in [0.1, 0.15) is 0 Å². The molecular formula is C13H21N5O2S. The maximum Gasteiger partial charge on any atom is 0.242 e. The van der Waals surface area contributed by atoms with Gasteiger partial charge in [0, 0.05) is 43.9 Å². The molecule has 0 aliphatic rings. The first kappa shape index (κ1) is 15.7. The number of hydrogen-bond acceptors (Lipinski definition) is 4. The van der Waals surface area contributed by atoms with Crippen molar-refractivity contribution in [1.29, 1.82) is 0 Å². The highest BCUT2D eigenvalue weighted by molar-refractivity contribution is 7.89. The summed E-state index contributed by atoms with van der Waals surface area (Å²) in [5, 5.41) is 7.08. The van der Waals surface area contributed by atoms with Gasteiger partial charge in [0.25, 0.3) is 0 Å². The Kier molecular flexibility index (Phi) is 4.81. The number of nitrogens with zero attached hydrogens (tertiary/aromatic N) is 3. The fourth-order valence-corrected chi connectivity index (χ4v) is 3.47. The molecule has 2 aromatic heterocycles. The Morgan fingerprint density at radius 3 is 2.81 bits per heavy atom. The molecule has 116 valence electrons. The molecule has 0 aromatic carbocycles. The maximum absolute atomic E-state index is 12.4. The van der Waals surface area contributed by atoms with Crippen LogP contribution in [-0.2, 0) is 30.2 Å². The van der Waals surface area contributed by atoms with E-state index in [1.807, 2.05) is 31.7 Å². The van der Waals surface area contributed by atoms with Gasteiger partial charge in [0.05, 0.1) is 11.4 Å². The first-order chi connectivity index (χ1) is 9.92. The van der Waals surface area contributed by atoms with Gasteiger partial charge in [-0.05, 0) is 26.1 Å². The molecule has 0 aliphatic heterocycles. The van der Waals surface area contributed by atoms with Crippen LogP contribution in [0.1, 0.15) is 12.6 Å². The van der Waals surface area contributed by atoms with Crippen LogP contribution in [0.4, 0.5) is 0 Å². The minimum Gasteiger partial charge on any atom is -0.352 e. The third kappa shape index (κ3) is 3.93. The van der Waals surface area contributed by atoms with Gasteiger partial charge < -0.3 is 9.88 Å². The Hall–Kier alpha value is -1.64. The molecule has 21 heavy (non-hydrogen) atoms. The van der Waals surface area contributed by atoms with E-state index in [2.05, 4.69) is 15.1 Å². The topological polar surface area (TPSA) is 81.0 Å². The lowest BCUT2D eigenvalue weighted by molar-refractivity contribution is 0.494. The van der Waals surface area contributed by atoms with Crippen LogP contribution >= 0.6 is 0 Å². The number of aromatic nitrogens is 3.